The van der Waals surface area contributed by atoms with Crippen molar-refractivity contribution in [2.75, 3.05) is 13.2 Å². The Hall–Kier alpha value is -1.22. The molecule has 0 radical (unpaired) electrons. The third-order valence-electron chi connectivity index (χ3n) is 11.1. The Balaban J connectivity index is 4.02. The molecule has 0 fully saturated rings. The number of aliphatic hydroxyl groups is 4. The number of aliphatic hydroxyl groups excluding tert-OH is 4. The predicted molar refractivity (Wildman–Crippen MR) is 226 cm³/mol. The minimum Gasteiger partial charge on any atom is -0.449 e. The summed E-state index contributed by atoms with van der Waals surface area (Å²) < 4.78 is 5.35. The zero-order valence-electron chi connectivity index (χ0n) is 35.7. The molecule has 8 heteroatoms. The molecular weight excluding hydrogens is 679 g/mol. The van der Waals surface area contributed by atoms with Crippen molar-refractivity contribution >= 4 is 11.9 Å². The zero-order valence-corrected chi connectivity index (χ0v) is 35.7. The van der Waals surface area contributed by atoms with E-state index in [9.17, 15) is 30.0 Å². The smallest absolute Gasteiger partial charge is 0.306 e. The molecule has 0 saturated heterocycles. The third-order valence-corrected chi connectivity index (χ3v) is 11.1. The molecule has 0 bridgehead atoms. The highest BCUT2D eigenvalue weighted by atomic mass is 16.6. The Labute approximate surface area is 333 Å². The lowest BCUT2D eigenvalue weighted by atomic mass is 10.0. The van der Waals surface area contributed by atoms with Gasteiger partial charge in [0.2, 0.25) is 6.10 Å². The highest BCUT2D eigenvalue weighted by Crippen LogP contribution is 2.17. The molecule has 0 aromatic rings. The Morgan fingerprint density at radius 3 is 1.06 bits per heavy atom. The van der Waals surface area contributed by atoms with Crippen molar-refractivity contribution in [3.63, 3.8) is 0 Å². The Kier molecular flexibility index (Phi) is 40.5. The molecule has 1 amide bonds. The van der Waals surface area contributed by atoms with Crippen molar-refractivity contribution in [3.8, 4) is 0 Å². The van der Waals surface area contributed by atoms with Gasteiger partial charge in [-0.2, -0.15) is 0 Å². The van der Waals surface area contributed by atoms with Gasteiger partial charge in [0.05, 0.1) is 6.61 Å². The summed E-state index contributed by atoms with van der Waals surface area (Å²) in [5.74, 6) is -1.32. The molecule has 0 aliphatic rings. The summed E-state index contributed by atoms with van der Waals surface area (Å²) in [6, 6.07) is 0. The number of carbonyl (C=O) groups excluding carboxylic acids is 2. The summed E-state index contributed by atoms with van der Waals surface area (Å²) in [6.07, 6.45) is 37.3. The minimum atomic E-state index is -1.85. The van der Waals surface area contributed by atoms with Crippen LogP contribution >= 0.6 is 0 Å². The third kappa shape index (κ3) is 34.1. The molecule has 8 nitrogen and oxygen atoms in total. The first-order chi connectivity index (χ1) is 26.4. The fourth-order valence-electron chi connectivity index (χ4n) is 7.33. The maximum atomic E-state index is 12.9. The van der Waals surface area contributed by atoms with Crippen molar-refractivity contribution in [2.24, 2.45) is 0 Å². The molecule has 322 valence electrons. The molecule has 0 aliphatic carbocycles. The Morgan fingerprint density at radius 1 is 0.444 bits per heavy atom. The van der Waals surface area contributed by atoms with E-state index in [0.717, 1.165) is 38.5 Å². The van der Waals surface area contributed by atoms with Gasteiger partial charge in [-0.1, -0.05) is 226 Å². The quantitative estimate of drug-likeness (QED) is 0.0308. The van der Waals surface area contributed by atoms with Gasteiger partial charge in [0.15, 0.2) is 0 Å². The standard InChI is InChI=1S/C46H91NO7/c1-3-5-7-9-11-13-15-17-19-20-21-22-23-25-27-29-31-33-35-37-39-47-46(53)45(44(52)43(51)41(49)40-48)54-42(50)38-36-34-32-30-28-26-24-18-16-14-12-10-8-6-4-2/h41,43-45,48-49,51-52H,3-40H2,1-2H3,(H,47,53)/t41-,43-,44+,45-/m1/s1. The fraction of sp³-hybridized carbons (Fsp3) is 0.957. The number of unbranched alkanes of at least 4 members (excludes halogenated alkanes) is 33. The number of ether oxygens (including phenoxy) is 1. The molecular formula is C46H91NO7. The normalized spacial score (nSPS) is 13.8. The highest BCUT2D eigenvalue weighted by molar-refractivity contribution is 5.84. The lowest BCUT2D eigenvalue weighted by molar-refractivity contribution is -0.173. The molecule has 0 aliphatic heterocycles. The van der Waals surface area contributed by atoms with E-state index in [1.807, 2.05) is 0 Å². The van der Waals surface area contributed by atoms with E-state index >= 15 is 0 Å². The summed E-state index contributed by atoms with van der Waals surface area (Å²) >= 11 is 0. The molecule has 0 saturated carbocycles. The number of hydrogen-bond acceptors (Lipinski definition) is 7. The number of esters is 1. The number of nitrogens with one attached hydrogen (secondary N) is 1. The second kappa shape index (κ2) is 41.4. The van der Waals surface area contributed by atoms with E-state index in [1.165, 1.54) is 180 Å². The van der Waals surface area contributed by atoms with Crippen molar-refractivity contribution < 1.29 is 34.8 Å². The topological polar surface area (TPSA) is 136 Å². The SMILES string of the molecule is CCCCCCCCCCCCCCCCCCCCCCNC(=O)[C@H](OC(=O)CCCCCCCCCCCCCCCCC)[C@@H](O)[C@H](O)[C@H](O)CO. The lowest BCUT2D eigenvalue weighted by Gasteiger charge is -2.28. The van der Waals surface area contributed by atoms with Crippen LogP contribution in [-0.2, 0) is 14.3 Å². The van der Waals surface area contributed by atoms with Crippen LogP contribution in [0.2, 0.25) is 0 Å². The van der Waals surface area contributed by atoms with Crippen LogP contribution in [0.5, 0.6) is 0 Å². The van der Waals surface area contributed by atoms with Crippen LogP contribution in [0, 0.1) is 0 Å². The van der Waals surface area contributed by atoms with E-state index in [1.54, 1.807) is 0 Å². The maximum Gasteiger partial charge on any atom is 0.306 e. The highest BCUT2D eigenvalue weighted by Gasteiger charge is 2.38. The second-order valence-corrected chi connectivity index (χ2v) is 16.3. The van der Waals surface area contributed by atoms with Gasteiger partial charge in [-0.15, -0.1) is 0 Å². The van der Waals surface area contributed by atoms with Gasteiger partial charge in [0.1, 0.15) is 18.3 Å². The molecule has 0 rings (SSSR count). The molecule has 0 aromatic carbocycles. The Morgan fingerprint density at radius 2 is 0.741 bits per heavy atom. The van der Waals surface area contributed by atoms with Crippen LogP contribution in [0.4, 0.5) is 0 Å². The van der Waals surface area contributed by atoms with Gasteiger partial charge in [0.25, 0.3) is 5.91 Å². The van der Waals surface area contributed by atoms with E-state index in [0.29, 0.717) is 13.0 Å². The first kappa shape index (κ1) is 52.8. The maximum absolute atomic E-state index is 12.9. The van der Waals surface area contributed by atoms with E-state index < -0.39 is 42.9 Å². The van der Waals surface area contributed by atoms with Crippen molar-refractivity contribution in [2.45, 2.75) is 269 Å². The van der Waals surface area contributed by atoms with Crippen LogP contribution in [0.1, 0.15) is 245 Å². The summed E-state index contributed by atoms with van der Waals surface area (Å²) in [5, 5.41) is 42.7. The van der Waals surface area contributed by atoms with Crippen molar-refractivity contribution in [3.05, 3.63) is 0 Å². The van der Waals surface area contributed by atoms with Gasteiger partial charge < -0.3 is 30.5 Å². The van der Waals surface area contributed by atoms with Crippen molar-refractivity contribution in [1.29, 1.82) is 0 Å². The molecule has 0 unspecified atom stereocenters. The van der Waals surface area contributed by atoms with Gasteiger partial charge in [-0.05, 0) is 12.8 Å². The average molecular weight is 770 g/mol. The summed E-state index contributed by atoms with van der Waals surface area (Å²) in [6.45, 7) is 4.11. The summed E-state index contributed by atoms with van der Waals surface area (Å²) in [7, 11) is 0. The van der Waals surface area contributed by atoms with Gasteiger partial charge in [-0.25, -0.2) is 0 Å². The summed E-state index contributed by atoms with van der Waals surface area (Å²) in [5.41, 5.74) is 0. The average Bonchev–Trinajstić information content (AvgIpc) is 3.18. The zero-order chi connectivity index (χ0) is 39.7. The first-order valence-corrected chi connectivity index (χ1v) is 23.5. The minimum absolute atomic E-state index is 0.118. The Bertz CT molecular complexity index is 797. The van der Waals surface area contributed by atoms with Crippen LogP contribution in [0.15, 0.2) is 0 Å². The van der Waals surface area contributed by atoms with Crippen molar-refractivity contribution in [1.82, 2.24) is 5.32 Å². The van der Waals surface area contributed by atoms with Crippen LogP contribution in [-0.4, -0.2) is 69.9 Å². The fourth-order valence-corrected chi connectivity index (χ4v) is 7.33. The monoisotopic (exact) mass is 770 g/mol. The van der Waals surface area contributed by atoms with Crippen LogP contribution in [0.3, 0.4) is 0 Å². The predicted octanol–water partition coefficient (Wildman–Crippen LogP) is 11.2. The molecule has 0 heterocycles. The van der Waals surface area contributed by atoms with Crippen LogP contribution in [0.25, 0.3) is 0 Å². The lowest BCUT2D eigenvalue weighted by Crippen LogP contribution is -2.53. The van der Waals surface area contributed by atoms with Gasteiger partial charge in [-0.3, -0.25) is 9.59 Å². The number of carbonyl (C=O) groups is 2. The second-order valence-electron chi connectivity index (χ2n) is 16.3. The number of amides is 1. The van der Waals surface area contributed by atoms with E-state index in [4.69, 9.17) is 4.74 Å². The van der Waals surface area contributed by atoms with Gasteiger partial charge >= 0.3 is 5.97 Å². The number of hydrogen-bond donors (Lipinski definition) is 5. The number of rotatable bonds is 43. The summed E-state index contributed by atoms with van der Waals surface area (Å²) in [4.78, 5) is 25.6. The van der Waals surface area contributed by atoms with Crippen LogP contribution < -0.4 is 5.32 Å². The molecule has 5 N–H and O–H groups in total. The largest absolute Gasteiger partial charge is 0.449 e. The van der Waals surface area contributed by atoms with Gasteiger partial charge in [0, 0.05) is 13.0 Å². The molecule has 0 aromatic heterocycles. The van der Waals surface area contributed by atoms with E-state index in [2.05, 4.69) is 19.2 Å². The molecule has 54 heavy (non-hydrogen) atoms. The molecule has 0 spiro atoms. The van der Waals surface area contributed by atoms with E-state index in [-0.39, 0.29) is 6.42 Å². The molecule has 4 atom stereocenters. The first-order valence-electron chi connectivity index (χ1n) is 23.5.